The molecule has 0 fully saturated rings. The van der Waals surface area contributed by atoms with Crippen molar-refractivity contribution in [2.24, 2.45) is 5.92 Å². The van der Waals surface area contributed by atoms with Crippen molar-refractivity contribution in [3.05, 3.63) is 35.4 Å². The second-order valence-corrected chi connectivity index (χ2v) is 6.40. The highest BCUT2D eigenvalue weighted by molar-refractivity contribution is 5.18. The number of aliphatic hydroxyl groups is 1. The van der Waals surface area contributed by atoms with Gasteiger partial charge in [-0.3, -0.25) is 4.90 Å². The third-order valence-electron chi connectivity index (χ3n) is 3.46. The summed E-state index contributed by atoms with van der Waals surface area (Å²) in [6.07, 6.45) is 0.105. The molecule has 0 aromatic heterocycles. The lowest BCUT2D eigenvalue weighted by atomic mass is 10.1. The fraction of sp³-hybridized carbons (Fsp3) is 0.667. The summed E-state index contributed by atoms with van der Waals surface area (Å²) >= 11 is 0. The van der Waals surface area contributed by atoms with E-state index >= 15 is 0 Å². The predicted octanol–water partition coefficient (Wildman–Crippen LogP) is 2.84. The first-order valence-corrected chi connectivity index (χ1v) is 8.33. The van der Waals surface area contributed by atoms with Crippen LogP contribution in [0.5, 0.6) is 0 Å². The predicted molar refractivity (Wildman–Crippen MR) is 89.8 cm³/mol. The number of ether oxygens (including phenoxy) is 2. The maximum absolute atomic E-state index is 13.8. The molecule has 0 saturated carbocycles. The molecule has 0 bridgehead atoms. The van der Waals surface area contributed by atoms with Crippen molar-refractivity contribution in [3.63, 3.8) is 0 Å². The molecule has 1 unspecified atom stereocenters. The van der Waals surface area contributed by atoms with Crippen molar-refractivity contribution >= 4 is 0 Å². The van der Waals surface area contributed by atoms with Gasteiger partial charge in [-0.1, -0.05) is 19.9 Å². The molecule has 0 aliphatic heterocycles. The molecule has 1 rings (SSSR count). The highest BCUT2D eigenvalue weighted by Gasteiger charge is 2.15. The molecule has 138 valence electrons. The van der Waals surface area contributed by atoms with Crippen LogP contribution >= 0.6 is 0 Å². The van der Waals surface area contributed by atoms with Crippen LogP contribution in [0.3, 0.4) is 0 Å². The zero-order chi connectivity index (χ0) is 17.9. The SMILES string of the molecule is COCCCN(Cc1ccc(F)cc1F)CC(O)COCC(C)C. The van der Waals surface area contributed by atoms with Crippen molar-refractivity contribution in [2.45, 2.75) is 32.9 Å². The summed E-state index contributed by atoms with van der Waals surface area (Å²) < 4.78 is 37.4. The van der Waals surface area contributed by atoms with Gasteiger partial charge in [0.2, 0.25) is 0 Å². The summed E-state index contributed by atoms with van der Waals surface area (Å²) in [5, 5.41) is 10.1. The monoisotopic (exact) mass is 345 g/mol. The van der Waals surface area contributed by atoms with Crippen molar-refractivity contribution in [2.75, 3.05) is 40.0 Å². The van der Waals surface area contributed by atoms with Gasteiger partial charge in [0, 0.05) is 51.6 Å². The first kappa shape index (κ1) is 21.0. The summed E-state index contributed by atoms with van der Waals surface area (Å²) in [5.41, 5.74) is 0.407. The molecule has 24 heavy (non-hydrogen) atoms. The second-order valence-electron chi connectivity index (χ2n) is 6.40. The Bertz CT molecular complexity index is 472. The lowest BCUT2D eigenvalue weighted by Gasteiger charge is -2.25. The normalized spacial score (nSPS) is 13.0. The van der Waals surface area contributed by atoms with Gasteiger partial charge in [-0.2, -0.15) is 0 Å². The molecule has 6 heteroatoms. The Hall–Kier alpha value is -1.08. The van der Waals surface area contributed by atoms with Crippen molar-refractivity contribution in [1.82, 2.24) is 4.90 Å². The fourth-order valence-corrected chi connectivity index (χ4v) is 2.35. The van der Waals surface area contributed by atoms with Crippen LogP contribution in [0.4, 0.5) is 8.78 Å². The minimum Gasteiger partial charge on any atom is -0.389 e. The molecule has 0 radical (unpaired) electrons. The Morgan fingerprint density at radius 2 is 1.96 bits per heavy atom. The van der Waals surface area contributed by atoms with E-state index in [9.17, 15) is 13.9 Å². The van der Waals surface area contributed by atoms with Crippen LogP contribution in [0, 0.1) is 17.6 Å². The molecule has 0 aliphatic rings. The van der Waals surface area contributed by atoms with Crippen LogP contribution in [0.1, 0.15) is 25.8 Å². The third kappa shape index (κ3) is 8.68. The molecular weight excluding hydrogens is 316 g/mol. The zero-order valence-corrected chi connectivity index (χ0v) is 14.8. The lowest BCUT2D eigenvalue weighted by Crippen LogP contribution is -2.36. The average molecular weight is 345 g/mol. The van der Waals surface area contributed by atoms with Gasteiger partial charge in [-0.25, -0.2) is 8.78 Å². The number of halogens is 2. The lowest BCUT2D eigenvalue weighted by molar-refractivity contribution is 0.00565. The first-order valence-electron chi connectivity index (χ1n) is 8.33. The first-order chi connectivity index (χ1) is 11.4. The Labute approximate surface area is 143 Å². The quantitative estimate of drug-likeness (QED) is 0.592. The minimum atomic E-state index is -0.658. The van der Waals surface area contributed by atoms with E-state index in [-0.39, 0.29) is 6.61 Å². The largest absolute Gasteiger partial charge is 0.389 e. The van der Waals surface area contributed by atoms with Gasteiger partial charge < -0.3 is 14.6 Å². The smallest absolute Gasteiger partial charge is 0.130 e. The van der Waals surface area contributed by atoms with Crippen molar-refractivity contribution < 1.29 is 23.4 Å². The molecule has 1 atom stereocenters. The number of aliphatic hydroxyl groups excluding tert-OH is 1. The highest BCUT2D eigenvalue weighted by atomic mass is 19.1. The maximum Gasteiger partial charge on any atom is 0.130 e. The Balaban J connectivity index is 2.58. The molecular formula is C18H29F2NO3. The van der Waals surface area contributed by atoms with Gasteiger partial charge >= 0.3 is 0 Å². The number of hydrogen-bond acceptors (Lipinski definition) is 4. The van der Waals surface area contributed by atoms with Gasteiger partial charge in [-0.15, -0.1) is 0 Å². The number of rotatable bonds is 12. The van der Waals surface area contributed by atoms with E-state index in [2.05, 4.69) is 0 Å². The molecule has 1 aromatic rings. The van der Waals surface area contributed by atoms with Gasteiger partial charge in [0.25, 0.3) is 0 Å². The Morgan fingerprint density at radius 3 is 2.58 bits per heavy atom. The van der Waals surface area contributed by atoms with Crippen LogP contribution in [0.25, 0.3) is 0 Å². The van der Waals surface area contributed by atoms with Crippen LogP contribution in [-0.2, 0) is 16.0 Å². The van der Waals surface area contributed by atoms with Crippen LogP contribution < -0.4 is 0 Å². The minimum absolute atomic E-state index is 0.241. The average Bonchev–Trinajstić information content (AvgIpc) is 2.49. The number of hydrogen-bond donors (Lipinski definition) is 1. The molecule has 1 aromatic carbocycles. The standard InChI is InChI=1S/C18H29F2NO3/c1-14(2)12-24-13-17(22)11-21(7-4-8-23-3)10-15-5-6-16(19)9-18(15)20/h5-6,9,14,17,22H,4,7-8,10-13H2,1-3H3. The van der Waals surface area contributed by atoms with E-state index in [0.717, 1.165) is 12.5 Å². The maximum atomic E-state index is 13.8. The highest BCUT2D eigenvalue weighted by Crippen LogP contribution is 2.13. The molecule has 0 heterocycles. The molecule has 0 spiro atoms. The topological polar surface area (TPSA) is 41.9 Å². The van der Waals surface area contributed by atoms with Crippen LogP contribution in [0.15, 0.2) is 18.2 Å². The molecule has 0 saturated heterocycles. The van der Waals surface area contributed by atoms with E-state index < -0.39 is 17.7 Å². The molecule has 4 nitrogen and oxygen atoms in total. The third-order valence-corrected chi connectivity index (χ3v) is 3.46. The van der Waals surface area contributed by atoms with Gasteiger partial charge in [-0.05, 0) is 18.4 Å². The van der Waals surface area contributed by atoms with E-state index in [1.165, 1.54) is 12.1 Å². The van der Waals surface area contributed by atoms with Gasteiger partial charge in [0.05, 0.1) is 12.7 Å². The number of methoxy groups -OCH3 is 1. The number of nitrogens with zero attached hydrogens (tertiary/aromatic N) is 1. The zero-order valence-electron chi connectivity index (χ0n) is 14.8. The summed E-state index contributed by atoms with van der Waals surface area (Å²) in [7, 11) is 1.62. The van der Waals surface area contributed by atoms with E-state index in [0.29, 0.717) is 44.3 Å². The van der Waals surface area contributed by atoms with Crippen molar-refractivity contribution in [1.29, 1.82) is 0 Å². The van der Waals surface area contributed by atoms with E-state index in [1.807, 2.05) is 18.7 Å². The van der Waals surface area contributed by atoms with E-state index in [1.54, 1.807) is 7.11 Å². The molecule has 0 amide bonds. The van der Waals surface area contributed by atoms with Crippen LogP contribution in [-0.4, -0.2) is 56.1 Å². The fourth-order valence-electron chi connectivity index (χ4n) is 2.35. The molecule has 0 aliphatic carbocycles. The molecule has 1 N–H and O–H groups in total. The summed E-state index contributed by atoms with van der Waals surface area (Å²) in [4.78, 5) is 1.93. The summed E-state index contributed by atoms with van der Waals surface area (Å²) in [6.45, 7) is 6.81. The van der Waals surface area contributed by atoms with Gasteiger partial charge in [0.15, 0.2) is 0 Å². The van der Waals surface area contributed by atoms with E-state index in [4.69, 9.17) is 9.47 Å². The van der Waals surface area contributed by atoms with Crippen molar-refractivity contribution in [3.8, 4) is 0 Å². The number of benzene rings is 1. The summed E-state index contributed by atoms with van der Waals surface area (Å²) in [5.74, 6) is -0.759. The van der Waals surface area contributed by atoms with Crippen LogP contribution in [0.2, 0.25) is 0 Å². The summed E-state index contributed by atoms with van der Waals surface area (Å²) in [6, 6.07) is 3.56. The van der Waals surface area contributed by atoms with Gasteiger partial charge in [0.1, 0.15) is 11.6 Å². The Morgan fingerprint density at radius 1 is 1.21 bits per heavy atom. The second kappa shape index (κ2) is 11.5. The Kier molecular flexibility index (Phi) is 10.0.